The van der Waals surface area contributed by atoms with Crippen LogP contribution in [0, 0.1) is 0 Å². The second kappa shape index (κ2) is 7.00. The summed E-state index contributed by atoms with van der Waals surface area (Å²) in [7, 11) is -3.33. The van der Waals surface area contributed by atoms with Gasteiger partial charge in [-0.25, -0.2) is 17.9 Å². The van der Waals surface area contributed by atoms with Crippen molar-refractivity contribution < 1.29 is 13.5 Å². The Bertz CT molecular complexity index is 1330. The average molecular weight is 428 g/mol. The zero-order valence-corrected chi connectivity index (χ0v) is 16.9. The van der Waals surface area contributed by atoms with Crippen LogP contribution < -0.4 is 5.32 Å². The summed E-state index contributed by atoms with van der Waals surface area (Å²) in [6.45, 7) is 0.377. The third-order valence-electron chi connectivity index (χ3n) is 5.33. The Kier molecular flexibility index (Phi) is 4.41. The fourth-order valence-electron chi connectivity index (χ4n) is 3.76. The van der Waals surface area contributed by atoms with Crippen molar-refractivity contribution in [2.45, 2.75) is 18.6 Å². The Morgan fingerprint density at radius 3 is 2.93 bits per heavy atom. The van der Waals surface area contributed by atoms with Gasteiger partial charge in [0.1, 0.15) is 6.33 Å². The summed E-state index contributed by atoms with van der Waals surface area (Å²) >= 11 is 0. The monoisotopic (exact) mass is 428 g/mol. The minimum Gasteiger partial charge on any atom is -0.390 e. The Balaban J connectivity index is 1.45. The first kappa shape index (κ1) is 18.9. The van der Waals surface area contributed by atoms with Gasteiger partial charge in [-0.2, -0.15) is 4.31 Å². The molecule has 0 aromatic carbocycles. The molecule has 30 heavy (non-hydrogen) atoms. The lowest BCUT2D eigenvalue weighted by atomic mass is 10.0. The summed E-state index contributed by atoms with van der Waals surface area (Å²) < 4.78 is 28.3. The molecule has 1 saturated heterocycles. The van der Waals surface area contributed by atoms with Crippen LogP contribution in [-0.2, 0) is 10.0 Å². The van der Waals surface area contributed by atoms with Gasteiger partial charge >= 0.3 is 0 Å². The van der Waals surface area contributed by atoms with Gasteiger partial charge in [-0.1, -0.05) is 0 Å². The van der Waals surface area contributed by atoms with E-state index in [1.54, 1.807) is 17.0 Å². The van der Waals surface area contributed by atoms with E-state index in [4.69, 9.17) is 0 Å². The molecule has 0 bridgehead atoms. The summed E-state index contributed by atoms with van der Waals surface area (Å²) in [6.07, 6.45) is 5.95. The number of nitrogens with one attached hydrogen (secondary N) is 1. The third kappa shape index (κ3) is 3.28. The molecule has 156 valence electrons. The number of rotatable bonds is 4. The van der Waals surface area contributed by atoms with E-state index in [1.807, 2.05) is 34.9 Å². The fraction of sp³-hybridized carbons (Fsp3) is 0.333. The number of aromatic nitrogens is 6. The minimum atomic E-state index is -3.33. The van der Waals surface area contributed by atoms with E-state index in [2.05, 4.69) is 25.6 Å². The van der Waals surface area contributed by atoms with Crippen molar-refractivity contribution in [2.75, 3.05) is 24.7 Å². The number of aliphatic hydroxyl groups excluding tert-OH is 1. The molecule has 2 N–H and O–H groups in total. The molecule has 11 nitrogen and oxygen atoms in total. The zero-order chi connectivity index (χ0) is 20.9. The standard InChI is InChI=1S/C18H20N8O3S/c1-30(28,29)25-8-6-14(16(27)10-25)21-18-19-9-12-4-5-15(26(12)23-18)13-3-2-7-24-11-20-22-17(13)24/h2-5,7,9,11,14,16,27H,6,8,10H2,1H3,(H,21,23)/t14-,16-/m1/s1. The number of hydrogen-bond donors (Lipinski definition) is 2. The Labute approximate surface area is 172 Å². The lowest BCUT2D eigenvalue weighted by molar-refractivity contribution is 0.0950. The highest BCUT2D eigenvalue weighted by Gasteiger charge is 2.32. The third-order valence-corrected chi connectivity index (χ3v) is 6.60. The highest BCUT2D eigenvalue weighted by molar-refractivity contribution is 7.88. The molecule has 0 spiro atoms. The molecule has 1 fully saturated rings. The molecular weight excluding hydrogens is 408 g/mol. The second-order valence-corrected chi connectivity index (χ2v) is 9.33. The zero-order valence-electron chi connectivity index (χ0n) is 16.1. The normalized spacial score (nSPS) is 20.7. The lowest BCUT2D eigenvalue weighted by Crippen LogP contribution is -2.51. The first-order valence-corrected chi connectivity index (χ1v) is 11.3. The molecule has 4 aromatic heterocycles. The van der Waals surface area contributed by atoms with Crippen LogP contribution in [0.5, 0.6) is 0 Å². The van der Waals surface area contributed by atoms with E-state index in [1.165, 1.54) is 4.31 Å². The molecule has 0 unspecified atom stereocenters. The van der Waals surface area contributed by atoms with Crippen LogP contribution in [0.15, 0.2) is 43.0 Å². The van der Waals surface area contributed by atoms with Crippen molar-refractivity contribution >= 4 is 27.1 Å². The Morgan fingerprint density at radius 1 is 1.27 bits per heavy atom. The van der Waals surface area contributed by atoms with Crippen molar-refractivity contribution in [3.05, 3.63) is 43.0 Å². The van der Waals surface area contributed by atoms with E-state index >= 15 is 0 Å². The van der Waals surface area contributed by atoms with Crippen molar-refractivity contribution in [2.24, 2.45) is 0 Å². The molecule has 0 saturated carbocycles. The summed E-state index contributed by atoms with van der Waals surface area (Å²) in [5.41, 5.74) is 3.24. The maximum atomic E-state index is 11.7. The lowest BCUT2D eigenvalue weighted by Gasteiger charge is -2.34. The van der Waals surface area contributed by atoms with E-state index in [0.29, 0.717) is 24.6 Å². The highest BCUT2D eigenvalue weighted by atomic mass is 32.2. The van der Waals surface area contributed by atoms with Gasteiger partial charge in [-0.15, -0.1) is 15.3 Å². The molecule has 0 aliphatic carbocycles. The average Bonchev–Trinajstić information content (AvgIpc) is 3.35. The molecule has 0 amide bonds. The molecule has 0 radical (unpaired) electrons. The number of hydrogen-bond acceptors (Lipinski definition) is 8. The molecule has 5 heterocycles. The van der Waals surface area contributed by atoms with Crippen LogP contribution in [0.3, 0.4) is 0 Å². The molecule has 1 aliphatic rings. The Hall–Kier alpha value is -3.09. The van der Waals surface area contributed by atoms with Crippen LogP contribution in [0.25, 0.3) is 22.4 Å². The van der Waals surface area contributed by atoms with Gasteiger partial charge in [-0.05, 0) is 30.7 Å². The molecule has 4 aromatic rings. The van der Waals surface area contributed by atoms with Gasteiger partial charge in [0.25, 0.3) is 0 Å². The van der Waals surface area contributed by atoms with Crippen LogP contribution in [-0.4, -0.2) is 78.5 Å². The fourth-order valence-corrected chi connectivity index (χ4v) is 4.62. The summed E-state index contributed by atoms with van der Waals surface area (Å²) in [5.74, 6) is 0.352. The van der Waals surface area contributed by atoms with Crippen molar-refractivity contribution in [1.29, 1.82) is 0 Å². The van der Waals surface area contributed by atoms with E-state index in [9.17, 15) is 13.5 Å². The van der Waals surface area contributed by atoms with E-state index in [0.717, 1.165) is 23.0 Å². The predicted octanol–water partition coefficient (Wildman–Crippen LogP) is 0.246. The van der Waals surface area contributed by atoms with Gasteiger partial charge in [0.05, 0.1) is 35.8 Å². The molecule has 12 heteroatoms. The smallest absolute Gasteiger partial charge is 0.241 e. The van der Waals surface area contributed by atoms with Gasteiger partial charge < -0.3 is 10.4 Å². The maximum Gasteiger partial charge on any atom is 0.241 e. The second-order valence-electron chi connectivity index (χ2n) is 7.35. The quantitative estimate of drug-likeness (QED) is 0.473. The van der Waals surface area contributed by atoms with Crippen molar-refractivity contribution in [3.63, 3.8) is 0 Å². The Morgan fingerprint density at radius 2 is 2.13 bits per heavy atom. The highest BCUT2D eigenvalue weighted by Crippen LogP contribution is 2.25. The number of nitrogens with zero attached hydrogens (tertiary/aromatic N) is 7. The number of fused-ring (bicyclic) bond motifs is 2. The van der Waals surface area contributed by atoms with E-state index < -0.39 is 16.1 Å². The molecular formula is C18H20N8O3S. The summed E-state index contributed by atoms with van der Waals surface area (Å²) in [4.78, 5) is 4.34. The van der Waals surface area contributed by atoms with Gasteiger partial charge in [0.2, 0.25) is 16.0 Å². The van der Waals surface area contributed by atoms with Crippen LogP contribution in [0.1, 0.15) is 6.42 Å². The number of aliphatic hydroxyl groups is 1. The van der Waals surface area contributed by atoms with Gasteiger partial charge in [0, 0.05) is 24.8 Å². The summed E-state index contributed by atoms with van der Waals surface area (Å²) in [6, 6.07) is 7.37. The van der Waals surface area contributed by atoms with Crippen molar-refractivity contribution in [3.8, 4) is 11.3 Å². The molecule has 2 atom stereocenters. The topological polar surface area (TPSA) is 130 Å². The first-order chi connectivity index (χ1) is 14.4. The van der Waals surface area contributed by atoms with E-state index in [-0.39, 0.29) is 12.6 Å². The minimum absolute atomic E-state index is 0.0440. The molecule has 5 rings (SSSR count). The van der Waals surface area contributed by atoms with Crippen LogP contribution in [0.2, 0.25) is 0 Å². The van der Waals surface area contributed by atoms with Gasteiger partial charge in [-0.3, -0.25) is 4.40 Å². The number of β-amino-alcohol motifs (C(OH)–C–C–N with tert-alkyl or cyclic N) is 1. The summed E-state index contributed by atoms with van der Waals surface area (Å²) in [5, 5.41) is 26.3. The van der Waals surface area contributed by atoms with Crippen LogP contribution >= 0.6 is 0 Å². The molecule has 1 aliphatic heterocycles. The van der Waals surface area contributed by atoms with Gasteiger partial charge in [0.15, 0.2) is 5.65 Å². The number of sulfonamides is 1. The SMILES string of the molecule is CS(=O)(=O)N1CC[C@@H](Nc2ncc3ccc(-c4cccn5cnnc45)n3n2)[C@H](O)C1. The largest absolute Gasteiger partial charge is 0.390 e. The number of piperidine rings is 1. The predicted molar refractivity (Wildman–Crippen MR) is 109 cm³/mol. The van der Waals surface area contributed by atoms with Crippen LogP contribution in [0.4, 0.5) is 5.95 Å². The number of anilines is 1. The van der Waals surface area contributed by atoms with Crippen molar-refractivity contribution in [1.82, 2.24) is 33.5 Å². The number of pyridine rings is 1. The maximum absolute atomic E-state index is 11.7. The first-order valence-electron chi connectivity index (χ1n) is 9.43.